The Morgan fingerprint density at radius 2 is 1.76 bits per heavy atom. The van der Waals surface area contributed by atoms with E-state index in [4.69, 9.17) is 9.26 Å². The van der Waals surface area contributed by atoms with Gasteiger partial charge in [-0.2, -0.15) is 4.98 Å². The van der Waals surface area contributed by atoms with E-state index in [-0.39, 0.29) is 0 Å². The molecule has 4 nitrogen and oxygen atoms in total. The molecule has 1 aromatic heterocycles. The fraction of sp³-hybridized carbons (Fsp3) is 0.176. The molecule has 0 N–H and O–H groups in total. The minimum Gasteiger partial charge on any atom is -0.497 e. The van der Waals surface area contributed by atoms with Crippen LogP contribution < -0.4 is 4.74 Å². The third kappa shape index (κ3) is 2.65. The van der Waals surface area contributed by atoms with Gasteiger partial charge >= 0.3 is 0 Å². The Labute approximate surface area is 123 Å². The van der Waals surface area contributed by atoms with E-state index in [9.17, 15) is 0 Å². The molecular weight excluding hydrogens is 264 g/mol. The van der Waals surface area contributed by atoms with Gasteiger partial charge in [-0.25, -0.2) is 0 Å². The van der Waals surface area contributed by atoms with Crippen molar-refractivity contribution in [3.63, 3.8) is 0 Å². The lowest BCUT2D eigenvalue weighted by molar-refractivity contribution is 0.415. The molecule has 3 aromatic rings. The number of hydrogen-bond acceptors (Lipinski definition) is 4. The van der Waals surface area contributed by atoms with Crippen molar-refractivity contribution in [1.29, 1.82) is 0 Å². The van der Waals surface area contributed by atoms with Crippen molar-refractivity contribution in [1.82, 2.24) is 10.1 Å². The molecule has 0 unspecified atom stereocenters. The summed E-state index contributed by atoms with van der Waals surface area (Å²) >= 11 is 0. The van der Waals surface area contributed by atoms with Crippen LogP contribution in [0.15, 0.2) is 47.0 Å². The molecule has 0 radical (unpaired) electrons. The SMILES string of the molecule is COc1ccc(-c2noc(-c3cc(C)ccc3C)n2)cc1. The van der Waals surface area contributed by atoms with Crippen LogP contribution >= 0.6 is 0 Å². The van der Waals surface area contributed by atoms with Crippen LogP contribution in [0.3, 0.4) is 0 Å². The van der Waals surface area contributed by atoms with E-state index in [1.165, 1.54) is 5.56 Å². The second kappa shape index (κ2) is 5.40. The number of aromatic nitrogens is 2. The number of aryl methyl sites for hydroxylation is 2. The Morgan fingerprint density at radius 1 is 1.00 bits per heavy atom. The minimum absolute atomic E-state index is 0.544. The first-order chi connectivity index (χ1) is 10.2. The van der Waals surface area contributed by atoms with E-state index < -0.39 is 0 Å². The van der Waals surface area contributed by atoms with Crippen molar-refractivity contribution < 1.29 is 9.26 Å². The first-order valence-corrected chi connectivity index (χ1v) is 6.73. The zero-order valence-corrected chi connectivity index (χ0v) is 12.3. The highest BCUT2D eigenvalue weighted by Gasteiger charge is 2.12. The largest absolute Gasteiger partial charge is 0.497 e. The molecule has 0 saturated carbocycles. The van der Waals surface area contributed by atoms with Crippen molar-refractivity contribution in [2.24, 2.45) is 0 Å². The maximum atomic E-state index is 5.41. The van der Waals surface area contributed by atoms with Gasteiger partial charge in [-0.05, 0) is 49.7 Å². The van der Waals surface area contributed by atoms with Gasteiger partial charge in [-0.1, -0.05) is 22.9 Å². The van der Waals surface area contributed by atoms with Crippen LogP contribution in [0, 0.1) is 13.8 Å². The Hall–Kier alpha value is -2.62. The standard InChI is InChI=1S/C17H16N2O2/c1-11-4-5-12(2)15(10-11)17-18-16(19-21-17)13-6-8-14(20-3)9-7-13/h4-10H,1-3H3. The molecule has 0 aliphatic carbocycles. The summed E-state index contributed by atoms with van der Waals surface area (Å²) in [6, 6.07) is 13.8. The topological polar surface area (TPSA) is 48.2 Å². The van der Waals surface area contributed by atoms with E-state index in [0.717, 1.165) is 22.4 Å². The van der Waals surface area contributed by atoms with E-state index in [1.807, 2.05) is 38.1 Å². The molecule has 0 aliphatic rings. The van der Waals surface area contributed by atoms with Crippen molar-refractivity contribution in [3.05, 3.63) is 53.6 Å². The number of rotatable bonds is 3. The van der Waals surface area contributed by atoms with E-state index in [2.05, 4.69) is 28.3 Å². The molecule has 0 spiro atoms. The highest BCUT2D eigenvalue weighted by molar-refractivity contribution is 5.63. The van der Waals surface area contributed by atoms with Crippen LogP contribution in [0.4, 0.5) is 0 Å². The van der Waals surface area contributed by atoms with Gasteiger partial charge in [0.25, 0.3) is 5.89 Å². The molecule has 1 heterocycles. The lowest BCUT2D eigenvalue weighted by Crippen LogP contribution is -1.86. The summed E-state index contributed by atoms with van der Waals surface area (Å²) in [7, 11) is 1.64. The summed E-state index contributed by atoms with van der Waals surface area (Å²) in [6.07, 6.45) is 0. The van der Waals surface area contributed by atoms with Gasteiger partial charge in [-0.15, -0.1) is 0 Å². The lowest BCUT2D eigenvalue weighted by atomic mass is 10.1. The number of benzene rings is 2. The maximum absolute atomic E-state index is 5.41. The number of methoxy groups -OCH3 is 1. The van der Waals surface area contributed by atoms with Crippen LogP contribution in [-0.4, -0.2) is 17.3 Å². The monoisotopic (exact) mass is 280 g/mol. The second-order valence-corrected chi connectivity index (χ2v) is 4.97. The van der Waals surface area contributed by atoms with Gasteiger partial charge in [0, 0.05) is 11.1 Å². The summed E-state index contributed by atoms with van der Waals surface area (Å²) in [4.78, 5) is 4.49. The van der Waals surface area contributed by atoms with E-state index in [1.54, 1.807) is 7.11 Å². The number of hydrogen-bond donors (Lipinski definition) is 0. The van der Waals surface area contributed by atoms with E-state index >= 15 is 0 Å². The van der Waals surface area contributed by atoms with Gasteiger partial charge < -0.3 is 9.26 Å². The molecule has 0 atom stereocenters. The molecule has 3 rings (SSSR count). The highest BCUT2D eigenvalue weighted by Crippen LogP contribution is 2.26. The molecule has 21 heavy (non-hydrogen) atoms. The van der Waals surface area contributed by atoms with Gasteiger partial charge in [0.15, 0.2) is 0 Å². The smallest absolute Gasteiger partial charge is 0.258 e. The number of nitrogens with zero attached hydrogens (tertiary/aromatic N) is 2. The zero-order valence-electron chi connectivity index (χ0n) is 12.3. The van der Waals surface area contributed by atoms with Gasteiger partial charge in [0.05, 0.1) is 7.11 Å². The summed E-state index contributed by atoms with van der Waals surface area (Å²) < 4.78 is 10.5. The van der Waals surface area contributed by atoms with Gasteiger partial charge in [0.2, 0.25) is 5.82 Å². The minimum atomic E-state index is 0.544. The predicted molar refractivity (Wildman–Crippen MR) is 81.2 cm³/mol. The molecule has 0 saturated heterocycles. The fourth-order valence-corrected chi connectivity index (χ4v) is 2.16. The first-order valence-electron chi connectivity index (χ1n) is 6.73. The third-order valence-corrected chi connectivity index (χ3v) is 3.40. The molecular formula is C17H16N2O2. The Bertz CT molecular complexity index is 761. The third-order valence-electron chi connectivity index (χ3n) is 3.40. The normalized spacial score (nSPS) is 10.6. The lowest BCUT2D eigenvalue weighted by Gasteiger charge is -2.01. The Balaban J connectivity index is 1.97. The molecule has 4 heteroatoms. The average Bonchev–Trinajstić information content (AvgIpc) is 2.99. The molecule has 0 fully saturated rings. The van der Waals surface area contributed by atoms with Crippen molar-refractivity contribution in [2.45, 2.75) is 13.8 Å². The van der Waals surface area contributed by atoms with E-state index in [0.29, 0.717) is 11.7 Å². The van der Waals surface area contributed by atoms with Gasteiger partial charge in [0.1, 0.15) is 5.75 Å². The highest BCUT2D eigenvalue weighted by atomic mass is 16.5. The summed E-state index contributed by atoms with van der Waals surface area (Å²) in [6.45, 7) is 4.08. The van der Waals surface area contributed by atoms with Crippen LogP contribution in [-0.2, 0) is 0 Å². The van der Waals surface area contributed by atoms with Crippen molar-refractivity contribution in [2.75, 3.05) is 7.11 Å². The molecule has 106 valence electrons. The Kier molecular flexibility index (Phi) is 3.44. The quantitative estimate of drug-likeness (QED) is 0.726. The number of ether oxygens (including phenoxy) is 1. The molecule has 0 aliphatic heterocycles. The molecule has 0 bridgehead atoms. The summed E-state index contributed by atoms with van der Waals surface area (Å²) in [5, 5.41) is 4.06. The van der Waals surface area contributed by atoms with Crippen LogP contribution in [0.1, 0.15) is 11.1 Å². The Morgan fingerprint density at radius 3 is 2.48 bits per heavy atom. The maximum Gasteiger partial charge on any atom is 0.258 e. The zero-order chi connectivity index (χ0) is 14.8. The van der Waals surface area contributed by atoms with Gasteiger partial charge in [-0.3, -0.25) is 0 Å². The average molecular weight is 280 g/mol. The molecule has 2 aromatic carbocycles. The summed E-state index contributed by atoms with van der Waals surface area (Å²) in [5.41, 5.74) is 4.16. The molecule has 0 amide bonds. The summed E-state index contributed by atoms with van der Waals surface area (Å²) in [5.74, 6) is 1.92. The second-order valence-electron chi connectivity index (χ2n) is 4.97. The van der Waals surface area contributed by atoms with Crippen molar-refractivity contribution in [3.8, 4) is 28.6 Å². The first kappa shape index (κ1) is 13.4. The van der Waals surface area contributed by atoms with Crippen LogP contribution in [0.25, 0.3) is 22.8 Å². The predicted octanol–water partition coefficient (Wildman–Crippen LogP) is 4.03. The van der Waals surface area contributed by atoms with Crippen LogP contribution in [0.2, 0.25) is 0 Å². The van der Waals surface area contributed by atoms with Crippen molar-refractivity contribution >= 4 is 0 Å². The fourth-order valence-electron chi connectivity index (χ4n) is 2.16. The van der Waals surface area contributed by atoms with Crippen LogP contribution in [0.5, 0.6) is 5.75 Å².